The van der Waals surface area contributed by atoms with E-state index < -0.39 is 6.04 Å². The number of allylic oxidation sites excluding steroid dienone is 1. The normalized spacial score (nSPS) is 32.1. The van der Waals surface area contributed by atoms with Crippen LogP contribution in [-0.4, -0.2) is 11.0 Å². The molecule has 0 aromatic heterocycles. The Bertz CT molecular complexity index is 367. The van der Waals surface area contributed by atoms with Crippen LogP contribution in [0.1, 0.15) is 96.3 Å². The summed E-state index contributed by atoms with van der Waals surface area (Å²) in [7, 11) is 0. The van der Waals surface area contributed by atoms with Gasteiger partial charge in [-0.05, 0) is 31.3 Å². The van der Waals surface area contributed by atoms with Gasteiger partial charge in [-0.3, -0.25) is 10.1 Å². The van der Waals surface area contributed by atoms with Gasteiger partial charge in [-0.25, -0.2) is 0 Å². The fourth-order valence-corrected chi connectivity index (χ4v) is 4.43. The van der Waals surface area contributed by atoms with E-state index in [-0.39, 0.29) is 10.8 Å². The molecule has 0 aliphatic heterocycles. The first-order valence-electron chi connectivity index (χ1n) is 10.1. The first kappa shape index (κ1) is 18.5. The van der Waals surface area contributed by atoms with Crippen LogP contribution in [-0.2, 0) is 0 Å². The second kappa shape index (κ2) is 10.8. The topological polar surface area (TPSA) is 43.1 Å². The summed E-state index contributed by atoms with van der Waals surface area (Å²) < 4.78 is 0. The molecule has 2 rings (SSSR count). The lowest BCUT2D eigenvalue weighted by Crippen LogP contribution is -2.27. The quantitative estimate of drug-likeness (QED) is 0.323. The third-order valence-corrected chi connectivity index (χ3v) is 5.85. The highest BCUT2D eigenvalue weighted by Crippen LogP contribution is 2.32. The number of rotatable bonds is 1. The number of nitro groups is 1. The molecule has 1 saturated carbocycles. The van der Waals surface area contributed by atoms with Crippen molar-refractivity contribution in [2.45, 2.75) is 102 Å². The molecule has 3 nitrogen and oxygen atoms in total. The van der Waals surface area contributed by atoms with Crippen LogP contribution in [0.2, 0.25) is 0 Å². The monoisotopic (exact) mass is 321 g/mol. The Morgan fingerprint density at radius 2 is 1.30 bits per heavy atom. The second-order valence-corrected chi connectivity index (χ2v) is 7.77. The SMILES string of the molecule is O=[N+]([O-])C1C=CCC2CCCCCCCCCCCCCC1C2. The molecule has 0 saturated heterocycles. The summed E-state index contributed by atoms with van der Waals surface area (Å²) in [6.07, 6.45) is 23.2. The number of hydrogen-bond donors (Lipinski definition) is 0. The smallest absolute Gasteiger partial charge is 0.234 e. The second-order valence-electron chi connectivity index (χ2n) is 7.77. The molecule has 0 N–H and O–H groups in total. The Morgan fingerprint density at radius 1 is 0.783 bits per heavy atom. The minimum absolute atomic E-state index is 0.0398. The largest absolute Gasteiger partial charge is 0.264 e. The van der Waals surface area contributed by atoms with E-state index in [0.717, 1.165) is 19.3 Å². The van der Waals surface area contributed by atoms with Gasteiger partial charge in [-0.2, -0.15) is 0 Å². The van der Waals surface area contributed by atoms with Crippen molar-refractivity contribution in [1.29, 1.82) is 0 Å². The zero-order valence-corrected chi connectivity index (χ0v) is 14.8. The Morgan fingerprint density at radius 3 is 1.87 bits per heavy atom. The van der Waals surface area contributed by atoms with E-state index in [1.807, 2.05) is 6.08 Å². The average molecular weight is 322 g/mol. The van der Waals surface area contributed by atoms with Crippen molar-refractivity contribution in [3.05, 3.63) is 22.3 Å². The first-order chi connectivity index (χ1) is 11.3. The molecule has 3 unspecified atom stereocenters. The van der Waals surface area contributed by atoms with Crippen LogP contribution in [0.15, 0.2) is 12.2 Å². The predicted octanol–water partition coefficient (Wildman–Crippen LogP) is 6.30. The lowest BCUT2D eigenvalue weighted by molar-refractivity contribution is -0.519. The van der Waals surface area contributed by atoms with Crippen molar-refractivity contribution in [2.24, 2.45) is 11.8 Å². The minimum Gasteiger partial charge on any atom is -0.264 e. The van der Waals surface area contributed by atoms with E-state index >= 15 is 0 Å². The van der Waals surface area contributed by atoms with E-state index in [9.17, 15) is 10.1 Å². The molecule has 0 radical (unpaired) electrons. The summed E-state index contributed by atoms with van der Waals surface area (Å²) in [5.41, 5.74) is 0. The maximum Gasteiger partial charge on any atom is 0.234 e. The molecule has 0 spiro atoms. The molecule has 1 fully saturated rings. The Labute approximate surface area is 142 Å². The van der Waals surface area contributed by atoms with Gasteiger partial charge in [0.1, 0.15) is 0 Å². The van der Waals surface area contributed by atoms with Crippen LogP contribution in [0, 0.1) is 22.0 Å². The lowest BCUT2D eigenvalue weighted by Gasteiger charge is -2.22. The summed E-state index contributed by atoms with van der Waals surface area (Å²) in [5, 5.41) is 11.4. The van der Waals surface area contributed by atoms with Gasteiger partial charge in [0.15, 0.2) is 0 Å². The Balaban J connectivity index is 1.91. The Hall–Kier alpha value is -0.860. The summed E-state index contributed by atoms with van der Waals surface area (Å²) in [4.78, 5) is 11.4. The van der Waals surface area contributed by atoms with Crippen LogP contribution in [0.5, 0.6) is 0 Å². The van der Waals surface area contributed by atoms with Gasteiger partial charge < -0.3 is 0 Å². The highest BCUT2D eigenvalue weighted by Gasteiger charge is 2.32. The fourth-order valence-electron chi connectivity index (χ4n) is 4.43. The van der Waals surface area contributed by atoms with Gasteiger partial charge in [0, 0.05) is 10.8 Å². The van der Waals surface area contributed by atoms with Crippen LogP contribution >= 0.6 is 0 Å². The fraction of sp³-hybridized carbons (Fsp3) is 0.900. The van der Waals surface area contributed by atoms with Crippen molar-refractivity contribution >= 4 is 0 Å². The van der Waals surface area contributed by atoms with Gasteiger partial charge >= 0.3 is 0 Å². The summed E-state index contributed by atoms with van der Waals surface area (Å²) in [6.45, 7) is 0. The highest BCUT2D eigenvalue weighted by molar-refractivity contribution is 4.97. The summed E-state index contributed by atoms with van der Waals surface area (Å²) in [6, 6.07) is -0.432. The van der Waals surface area contributed by atoms with Crippen LogP contribution in [0.4, 0.5) is 0 Å². The maximum atomic E-state index is 11.4. The molecule has 3 heteroatoms. The number of fused-ring (bicyclic) bond motifs is 2. The van der Waals surface area contributed by atoms with Gasteiger partial charge in [-0.15, -0.1) is 0 Å². The van der Waals surface area contributed by atoms with E-state index in [1.165, 1.54) is 77.0 Å². The Kier molecular flexibility index (Phi) is 8.70. The average Bonchev–Trinajstić information content (AvgIpc) is 2.73. The third kappa shape index (κ3) is 7.05. The molecule has 2 aliphatic rings. The molecule has 0 heterocycles. The van der Waals surface area contributed by atoms with E-state index in [4.69, 9.17) is 0 Å². The number of hydrogen-bond acceptors (Lipinski definition) is 2. The molecule has 3 atom stereocenters. The molecular formula is C20H35NO2. The minimum atomic E-state index is -0.432. The third-order valence-electron chi connectivity index (χ3n) is 5.85. The highest BCUT2D eigenvalue weighted by atomic mass is 16.6. The van der Waals surface area contributed by atoms with Gasteiger partial charge in [-0.1, -0.05) is 83.1 Å². The van der Waals surface area contributed by atoms with Gasteiger partial charge in [0.25, 0.3) is 0 Å². The summed E-state index contributed by atoms with van der Waals surface area (Å²) in [5.74, 6) is 0.941. The van der Waals surface area contributed by atoms with Crippen LogP contribution in [0.25, 0.3) is 0 Å². The molecule has 0 aromatic rings. The molecule has 23 heavy (non-hydrogen) atoms. The van der Waals surface area contributed by atoms with Crippen LogP contribution in [0.3, 0.4) is 0 Å². The maximum absolute atomic E-state index is 11.4. The van der Waals surface area contributed by atoms with Crippen molar-refractivity contribution in [1.82, 2.24) is 0 Å². The van der Waals surface area contributed by atoms with Crippen molar-refractivity contribution in [3.8, 4) is 0 Å². The zero-order valence-electron chi connectivity index (χ0n) is 14.8. The van der Waals surface area contributed by atoms with E-state index in [0.29, 0.717) is 5.92 Å². The molecule has 0 amide bonds. The van der Waals surface area contributed by atoms with E-state index in [2.05, 4.69) is 6.08 Å². The number of nitrogens with zero attached hydrogens (tertiary/aromatic N) is 1. The van der Waals surface area contributed by atoms with E-state index in [1.54, 1.807) is 0 Å². The van der Waals surface area contributed by atoms with Crippen molar-refractivity contribution in [3.63, 3.8) is 0 Å². The predicted molar refractivity (Wildman–Crippen MR) is 96.2 cm³/mol. The molecular weight excluding hydrogens is 286 g/mol. The molecule has 132 valence electrons. The van der Waals surface area contributed by atoms with Crippen molar-refractivity contribution in [2.75, 3.05) is 0 Å². The molecule has 2 bridgehead atoms. The standard InChI is InChI=1S/C20H35NO2/c22-21(23)20-16-12-14-18-13-10-8-6-4-2-1-3-5-7-9-11-15-19(20)17-18/h12,16,18-20H,1-11,13-15,17H2. The summed E-state index contributed by atoms with van der Waals surface area (Å²) >= 11 is 0. The van der Waals surface area contributed by atoms with Crippen LogP contribution < -0.4 is 0 Å². The first-order valence-corrected chi connectivity index (χ1v) is 10.1. The molecule has 0 aromatic carbocycles. The lowest BCUT2D eigenvalue weighted by atomic mass is 9.84. The molecule has 2 aliphatic carbocycles. The van der Waals surface area contributed by atoms with Crippen molar-refractivity contribution < 1.29 is 4.92 Å². The van der Waals surface area contributed by atoms with Gasteiger partial charge in [0.05, 0.1) is 0 Å². The van der Waals surface area contributed by atoms with Gasteiger partial charge in [0.2, 0.25) is 6.04 Å². The zero-order chi connectivity index (χ0) is 16.3.